The standard InChI is InChI=1S/C13H9.C9H11.2ClH.Zr/c1-3-7-12-10(5-1)9-11-6-2-4-8-13(11)12;1-2-5-9-7-3-6-8(9)4-1;;;/h1-9H;1-2,4-6,8-9H,3,7H2;2*1H;/q2*-1;;;+4/p-2. The molecule has 1 saturated carbocycles. The third kappa shape index (κ3) is 4.91. The molecule has 5 rings (SSSR count). The fourth-order valence-corrected chi connectivity index (χ4v) is 3.60. The van der Waals surface area contributed by atoms with E-state index in [0.29, 0.717) is 0 Å². The maximum atomic E-state index is 2.42. The molecule has 2 aliphatic carbocycles. The second-order valence-corrected chi connectivity index (χ2v) is 6.14. The van der Waals surface area contributed by atoms with E-state index in [1.165, 1.54) is 34.4 Å². The molecule has 0 aliphatic heterocycles. The van der Waals surface area contributed by atoms with Crippen LogP contribution in [-0.4, -0.2) is 0 Å². The second kappa shape index (κ2) is 10.4. The topological polar surface area (TPSA) is 0 Å². The van der Waals surface area contributed by atoms with Crippen molar-refractivity contribution in [1.29, 1.82) is 0 Å². The van der Waals surface area contributed by atoms with Gasteiger partial charge in [0.15, 0.2) is 0 Å². The van der Waals surface area contributed by atoms with Gasteiger partial charge in [0, 0.05) is 0 Å². The molecule has 3 heteroatoms. The maximum absolute atomic E-state index is 2.42. The molecule has 0 radical (unpaired) electrons. The minimum absolute atomic E-state index is 0. The van der Waals surface area contributed by atoms with Gasteiger partial charge in [0.05, 0.1) is 0 Å². The van der Waals surface area contributed by atoms with Crippen LogP contribution < -0.4 is 24.8 Å². The van der Waals surface area contributed by atoms with Crippen LogP contribution in [0, 0.1) is 18.3 Å². The number of halogens is 2. The first kappa shape index (κ1) is 22.3. The van der Waals surface area contributed by atoms with Crippen LogP contribution in [0.3, 0.4) is 0 Å². The predicted molar refractivity (Wildman–Crippen MR) is 95.8 cm³/mol. The Morgan fingerprint density at radius 3 is 1.92 bits per heavy atom. The van der Waals surface area contributed by atoms with E-state index >= 15 is 0 Å². The average Bonchev–Trinajstić information content (AvgIpc) is 3.19. The quantitative estimate of drug-likeness (QED) is 0.429. The largest absolute Gasteiger partial charge is 4.00 e. The van der Waals surface area contributed by atoms with Crippen LogP contribution in [0.2, 0.25) is 0 Å². The van der Waals surface area contributed by atoms with Crippen LogP contribution in [0.1, 0.15) is 12.8 Å². The van der Waals surface area contributed by atoms with Gasteiger partial charge in [-0.3, -0.25) is 0 Å². The summed E-state index contributed by atoms with van der Waals surface area (Å²) in [6.07, 6.45) is 14.1. The Morgan fingerprint density at radius 1 is 0.760 bits per heavy atom. The van der Waals surface area contributed by atoms with Crippen molar-refractivity contribution in [2.75, 3.05) is 0 Å². The minimum Gasteiger partial charge on any atom is -1.00 e. The van der Waals surface area contributed by atoms with Crippen molar-refractivity contribution in [2.24, 2.45) is 11.8 Å². The number of hydrogen-bond donors (Lipinski definition) is 0. The molecule has 2 unspecified atom stereocenters. The van der Waals surface area contributed by atoms with Crippen molar-refractivity contribution in [2.45, 2.75) is 12.8 Å². The van der Waals surface area contributed by atoms with Crippen molar-refractivity contribution in [3.63, 3.8) is 0 Å². The Morgan fingerprint density at radius 2 is 1.32 bits per heavy atom. The SMILES string of the molecule is C1=CC2[CH-]CCC2C=C1.[Cl-].[Cl-].[Zr+4].c1ccc2c(c1)[cH-]c1ccccc12. The molecule has 3 aromatic carbocycles. The number of allylic oxidation sites excluding steroid dienone is 4. The van der Waals surface area contributed by atoms with Crippen LogP contribution >= 0.6 is 0 Å². The third-order valence-electron chi connectivity index (χ3n) is 4.76. The summed E-state index contributed by atoms with van der Waals surface area (Å²) in [7, 11) is 0. The molecular formula is C22H20Cl2Zr. The maximum Gasteiger partial charge on any atom is 4.00 e. The first-order valence-electron chi connectivity index (χ1n) is 8.13. The van der Waals surface area contributed by atoms with E-state index in [0.717, 1.165) is 11.8 Å². The molecule has 0 bridgehead atoms. The van der Waals surface area contributed by atoms with E-state index in [4.69, 9.17) is 0 Å². The van der Waals surface area contributed by atoms with Gasteiger partial charge in [-0.05, 0) is 5.92 Å². The molecule has 0 spiro atoms. The number of hydrogen-bond acceptors (Lipinski definition) is 0. The minimum atomic E-state index is 0. The van der Waals surface area contributed by atoms with E-state index in [1.54, 1.807) is 0 Å². The molecule has 0 heterocycles. The predicted octanol–water partition coefficient (Wildman–Crippen LogP) is 0.0603. The van der Waals surface area contributed by atoms with Gasteiger partial charge in [-0.25, -0.2) is 0 Å². The van der Waals surface area contributed by atoms with Gasteiger partial charge in [0.1, 0.15) is 0 Å². The van der Waals surface area contributed by atoms with E-state index in [9.17, 15) is 0 Å². The summed E-state index contributed by atoms with van der Waals surface area (Å²) >= 11 is 0. The molecule has 2 atom stereocenters. The smallest absolute Gasteiger partial charge is 1.00 e. The molecular weight excluding hydrogens is 426 g/mol. The Labute approximate surface area is 181 Å². The van der Waals surface area contributed by atoms with Crippen molar-refractivity contribution < 1.29 is 51.0 Å². The molecule has 0 saturated heterocycles. The molecule has 0 N–H and O–H groups in total. The van der Waals surface area contributed by atoms with Crippen molar-refractivity contribution >= 4 is 21.5 Å². The molecule has 1 fully saturated rings. The summed E-state index contributed by atoms with van der Waals surface area (Å²) in [4.78, 5) is 0. The van der Waals surface area contributed by atoms with Crippen LogP contribution in [0.15, 0.2) is 78.9 Å². The summed E-state index contributed by atoms with van der Waals surface area (Å²) in [6, 6.07) is 19.3. The molecule has 0 amide bonds. The van der Waals surface area contributed by atoms with E-state index in [1.807, 2.05) is 0 Å². The Hall–Kier alpha value is -0.747. The van der Waals surface area contributed by atoms with Gasteiger partial charge in [0.2, 0.25) is 0 Å². The summed E-state index contributed by atoms with van der Waals surface area (Å²) < 4.78 is 0. The van der Waals surface area contributed by atoms with Gasteiger partial charge >= 0.3 is 26.2 Å². The summed E-state index contributed by atoms with van der Waals surface area (Å²) in [5.41, 5.74) is 0. The molecule has 2 aliphatic rings. The number of benzene rings is 2. The fraction of sp³-hybridized carbons (Fsp3) is 0.182. The Kier molecular flexibility index (Phi) is 9.29. The number of fused-ring (bicyclic) bond motifs is 4. The van der Waals surface area contributed by atoms with E-state index < -0.39 is 0 Å². The monoisotopic (exact) mass is 444 g/mol. The van der Waals surface area contributed by atoms with Gasteiger partial charge in [0.25, 0.3) is 0 Å². The average molecular weight is 447 g/mol. The summed E-state index contributed by atoms with van der Waals surface area (Å²) in [5, 5.41) is 5.39. The van der Waals surface area contributed by atoms with Crippen LogP contribution in [0.5, 0.6) is 0 Å². The summed E-state index contributed by atoms with van der Waals surface area (Å²) in [6.45, 7) is 0. The van der Waals surface area contributed by atoms with Crippen LogP contribution in [-0.2, 0) is 26.2 Å². The zero-order valence-corrected chi connectivity index (χ0v) is 17.9. The van der Waals surface area contributed by atoms with Gasteiger partial charge in [-0.15, -0.1) is 51.7 Å². The van der Waals surface area contributed by atoms with Crippen molar-refractivity contribution in [3.05, 3.63) is 85.3 Å². The van der Waals surface area contributed by atoms with Gasteiger partial charge < -0.3 is 31.2 Å². The summed E-state index contributed by atoms with van der Waals surface area (Å²) in [5.74, 6) is 1.62. The molecule has 25 heavy (non-hydrogen) atoms. The van der Waals surface area contributed by atoms with Crippen LogP contribution in [0.4, 0.5) is 0 Å². The molecule has 0 nitrogen and oxygen atoms in total. The first-order chi connectivity index (χ1) is 10.9. The molecule has 0 aromatic heterocycles. The van der Waals surface area contributed by atoms with Gasteiger partial charge in [-0.1, -0.05) is 61.0 Å². The van der Waals surface area contributed by atoms with E-state index in [-0.39, 0.29) is 51.0 Å². The van der Waals surface area contributed by atoms with E-state index in [2.05, 4.69) is 85.3 Å². The normalized spacial score (nSPS) is 19.8. The fourth-order valence-electron chi connectivity index (χ4n) is 3.60. The first-order valence-corrected chi connectivity index (χ1v) is 8.13. The van der Waals surface area contributed by atoms with Crippen LogP contribution in [0.25, 0.3) is 21.5 Å². The van der Waals surface area contributed by atoms with Gasteiger partial charge in [-0.2, -0.15) is 6.42 Å². The zero-order chi connectivity index (χ0) is 14.8. The number of rotatable bonds is 0. The molecule has 126 valence electrons. The van der Waals surface area contributed by atoms with Crippen molar-refractivity contribution in [3.8, 4) is 0 Å². The second-order valence-electron chi connectivity index (χ2n) is 6.14. The van der Waals surface area contributed by atoms with Crippen molar-refractivity contribution in [1.82, 2.24) is 0 Å². The molecule has 3 aromatic rings. The Balaban J connectivity index is 0.000000234. The zero-order valence-electron chi connectivity index (χ0n) is 13.9. The third-order valence-corrected chi connectivity index (χ3v) is 4.76. The Bertz CT molecular complexity index is 779.